The molecule has 0 atom stereocenters. The topological polar surface area (TPSA) is 104 Å². The normalized spacial score (nSPS) is 12.0. The molecule has 0 unspecified atom stereocenters. The third-order valence-electron chi connectivity index (χ3n) is 2.30. The van der Waals surface area contributed by atoms with Crippen LogP contribution in [0.2, 0.25) is 0 Å². The zero-order valence-electron chi connectivity index (χ0n) is 11.1. The minimum Gasteiger partial charge on any atom is -0.481 e. The summed E-state index contributed by atoms with van der Waals surface area (Å²) >= 11 is 0.199. The van der Waals surface area contributed by atoms with Gasteiger partial charge in [-0.05, 0) is 20.3 Å². The van der Waals surface area contributed by atoms with Crippen LogP contribution in [0.4, 0.5) is 23.1 Å². The van der Waals surface area contributed by atoms with Crippen LogP contribution in [0.1, 0.15) is 31.7 Å². The minimum atomic E-state index is -4.62. The second-order valence-corrected chi connectivity index (χ2v) is 5.74. The van der Waals surface area contributed by atoms with Gasteiger partial charge in [0.25, 0.3) is 0 Å². The van der Waals surface area contributed by atoms with E-state index in [1.807, 2.05) is 0 Å². The number of carboxylic acid groups (broad SMARTS) is 1. The van der Waals surface area contributed by atoms with E-state index in [0.717, 1.165) is 0 Å². The van der Waals surface area contributed by atoms with Gasteiger partial charge in [-0.15, -0.1) is 10.2 Å². The molecular formula is C10H13F3N4O3S. The van der Waals surface area contributed by atoms with Crippen LogP contribution in [-0.4, -0.2) is 32.8 Å². The summed E-state index contributed by atoms with van der Waals surface area (Å²) in [6.45, 7) is 3.19. The quantitative estimate of drug-likeness (QED) is 0.770. The number of carbonyl (C=O) groups excluding carboxylic acids is 1. The first kappa shape index (κ1) is 17.1. The lowest BCUT2D eigenvalue weighted by Crippen LogP contribution is -2.45. The van der Waals surface area contributed by atoms with E-state index in [9.17, 15) is 22.8 Å². The first-order chi connectivity index (χ1) is 9.49. The lowest BCUT2D eigenvalue weighted by Gasteiger charge is -2.25. The van der Waals surface area contributed by atoms with Gasteiger partial charge in [0.15, 0.2) is 0 Å². The predicted molar refractivity (Wildman–Crippen MR) is 68.0 cm³/mol. The second-order valence-electron chi connectivity index (χ2n) is 4.77. The molecule has 3 N–H and O–H groups in total. The van der Waals surface area contributed by atoms with Gasteiger partial charge >= 0.3 is 18.2 Å². The van der Waals surface area contributed by atoms with E-state index in [2.05, 4.69) is 20.8 Å². The Morgan fingerprint density at radius 1 is 1.29 bits per heavy atom. The van der Waals surface area contributed by atoms with Crippen molar-refractivity contribution >= 4 is 28.5 Å². The fourth-order valence-electron chi connectivity index (χ4n) is 1.31. The number of urea groups is 1. The average molecular weight is 326 g/mol. The van der Waals surface area contributed by atoms with Gasteiger partial charge in [0.05, 0.1) is 0 Å². The summed E-state index contributed by atoms with van der Waals surface area (Å²) in [5.74, 6) is -1.01. The number of amides is 2. The standard InChI is InChI=1S/C10H13F3N4O3S/c1-9(2,4-3-5(18)19)15-7(20)14-8-17-16-6(21-8)10(11,12)13/h3-4H2,1-2H3,(H,18,19)(H2,14,15,17,20). The summed E-state index contributed by atoms with van der Waals surface area (Å²) in [6.07, 6.45) is -4.60. The predicted octanol–water partition coefficient (Wildman–Crippen LogP) is 2.32. The molecule has 11 heteroatoms. The zero-order chi connectivity index (χ0) is 16.3. The third kappa shape index (κ3) is 5.94. The van der Waals surface area contributed by atoms with Crippen LogP contribution in [0.5, 0.6) is 0 Å². The van der Waals surface area contributed by atoms with Crippen molar-refractivity contribution in [2.45, 2.75) is 38.4 Å². The first-order valence-corrected chi connectivity index (χ1v) is 6.53. The molecule has 1 aromatic heterocycles. The molecule has 0 radical (unpaired) electrons. The van der Waals surface area contributed by atoms with E-state index in [-0.39, 0.29) is 29.3 Å². The molecule has 0 aromatic carbocycles. The molecule has 0 saturated carbocycles. The van der Waals surface area contributed by atoms with Gasteiger partial charge in [0.1, 0.15) is 0 Å². The number of rotatable bonds is 5. The molecule has 0 aliphatic carbocycles. The Morgan fingerprint density at radius 2 is 1.90 bits per heavy atom. The highest BCUT2D eigenvalue weighted by molar-refractivity contribution is 7.15. The summed E-state index contributed by atoms with van der Waals surface area (Å²) in [5, 5.41) is 17.8. The number of anilines is 1. The number of carboxylic acids is 1. The van der Waals surface area contributed by atoms with Crippen LogP contribution >= 0.6 is 11.3 Å². The van der Waals surface area contributed by atoms with Crippen molar-refractivity contribution in [1.82, 2.24) is 15.5 Å². The first-order valence-electron chi connectivity index (χ1n) is 5.71. The van der Waals surface area contributed by atoms with Crippen molar-refractivity contribution in [3.05, 3.63) is 5.01 Å². The molecule has 1 heterocycles. The van der Waals surface area contributed by atoms with Crippen LogP contribution in [0, 0.1) is 0 Å². The number of hydrogen-bond acceptors (Lipinski definition) is 5. The number of carbonyl (C=O) groups is 2. The van der Waals surface area contributed by atoms with E-state index in [1.54, 1.807) is 13.8 Å². The zero-order valence-corrected chi connectivity index (χ0v) is 11.9. The minimum absolute atomic E-state index is 0.149. The smallest absolute Gasteiger partial charge is 0.445 e. The Labute approximate surface area is 121 Å². The summed E-state index contributed by atoms with van der Waals surface area (Å²) < 4.78 is 36.9. The summed E-state index contributed by atoms with van der Waals surface area (Å²) in [5.41, 5.74) is -0.833. The number of halogens is 3. The molecular weight excluding hydrogens is 313 g/mol. The van der Waals surface area contributed by atoms with Gasteiger partial charge in [-0.25, -0.2) is 4.79 Å². The van der Waals surface area contributed by atoms with Crippen molar-refractivity contribution in [3.63, 3.8) is 0 Å². The molecule has 1 rings (SSSR count). The average Bonchev–Trinajstić information content (AvgIpc) is 2.73. The lowest BCUT2D eigenvalue weighted by molar-refractivity contribution is -0.138. The van der Waals surface area contributed by atoms with Crippen molar-refractivity contribution in [2.75, 3.05) is 5.32 Å². The molecule has 1 aromatic rings. The Hall–Kier alpha value is -1.91. The highest BCUT2D eigenvalue weighted by Gasteiger charge is 2.36. The number of nitrogens with one attached hydrogen (secondary N) is 2. The molecule has 0 fully saturated rings. The molecule has 0 bridgehead atoms. The number of hydrogen-bond donors (Lipinski definition) is 3. The van der Waals surface area contributed by atoms with Gasteiger partial charge in [0, 0.05) is 12.0 Å². The monoisotopic (exact) mass is 326 g/mol. The van der Waals surface area contributed by atoms with E-state index in [1.165, 1.54) is 0 Å². The van der Waals surface area contributed by atoms with E-state index < -0.39 is 28.7 Å². The van der Waals surface area contributed by atoms with Crippen LogP contribution in [0.15, 0.2) is 0 Å². The molecule has 0 aliphatic heterocycles. The summed E-state index contributed by atoms with van der Waals surface area (Å²) in [7, 11) is 0. The molecule has 7 nitrogen and oxygen atoms in total. The van der Waals surface area contributed by atoms with Gasteiger partial charge < -0.3 is 10.4 Å². The van der Waals surface area contributed by atoms with Crippen LogP contribution in [-0.2, 0) is 11.0 Å². The van der Waals surface area contributed by atoms with Crippen LogP contribution in [0.25, 0.3) is 0 Å². The van der Waals surface area contributed by atoms with Gasteiger partial charge in [-0.1, -0.05) is 11.3 Å². The largest absolute Gasteiger partial charge is 0.481 e. The van der Waals surface area contributed by atoms with Gasteiger partial charge in [0.2, 0.25) is 10.1 Å². The molecule has 2 amide bonds. The maximum Gasteiger partial charge on any atom is 0.445 e. The fraction of sp³-hybridized carbons (Fsp3) is 0.600. The maximum absolute atomic E-state index is 12.3. The lowest BCUT2D eigenvalue weighted by atomic mass is 9.99. The van der Waals surface area contributed by atoms with E-state index >= 15 is 0 Å². The Balaban J connectivity index is 2.57. The fourth-order valence-corrected chi connectivity index (χ4v) is 1.91. The molecule has 118 valence electrons. The number of aromatic nitrogens is 2. The summed E-state index contributed by atoms with van der Waals surface area (Å²) in [4.78, 5) is 22.1. The van der Waals surface area contributed by atoms with Crippen LogP contribution in [0.3, 0.4) is 0 Å². The molecule has 0 spiro atoms. The van der Waals surface area contributed by atoms with Crippen molar-refractivity contribution in [1.29, 1.82) is 0 Å². The maximum atomic E-state index is 12.3. The van der Waals surface area contributed by atoms with E-state index in [4.69, 9.17) is 5.11 Å². The SMILES string of the molecule is CC(C)(CCC(=O)O)NC(=O)Nc1nnc(C(F)(F)F)s1. The Kier molecular flexibility index (Phi) is 5.10. The van der Waals surface area contributed by atoms with Crippen molar-refractivity contribution < 1.29 is 27.9 Å². The highest BCUT2D eigenvalue weighted by atomic mass is 32.1. The Bertz CT molecular complexity index is 530. The number of alkyl halides is 3. The van der Waals surface area contributed by atoms with Crippen molar-refractivity contribution in [2.24, 2.45) is 0 Å². The third-order valence-corrected chi connectivity index (χ3v) is 3.19. The second kappa shape index (κ2) is 6.24. The van der Waals surface area contributed by atoms with Gasteiger partial charge in [-0.2, -0.15) is 13.2 Å². The van der Waals surface area contributed by atoms with E-state index in [0.29, 0.717) is 0 Å². The molecule has 0 saturated heterocycles. The Morgan fingerprint density at radius 3 is 2.38 bits per heavy atom. The molecule has 21 heavy (non-hydrogen) atoms. The van der Waals surface area contributed by atoms with Crippen LogP contribution < -0.4 is 10.6 Å². The highest BCUT2D eigenvalue weighted by Crippen LogP contribution is 2.32. The van der Waals surface area contributed by atoms with Gasteiger partial charge in [-0.3, -0.25) is 10.1 Å². The number of aliphatic carboxylic acids is 1. The number of nitrogens with zero attached hydrogens (tertiary/aromatic N) is 2. The summed E-state index contributed by atoms with van der Waals surface area (Å²) in [6, 6.07) is -0.782. The molecule has 0 aliphatic rings. The van der Waals surface area contributed by atoms with Crippen molar-refractivity contribution in [3.8, 4) is 0 Å².